The van der Waals surface area contributed by atoms with Crippen LogP contribution < -0.4 is 15.4 Å². The number of ether oxygens (including phenoxy) is 1. The van der Waals surface area contributed by atoms with Gasteiger partial charge >= 0.3 is 0 Å². The maximum atomic E-state index is 12.3. The van der Waals surface area contributed by atoms with Crippen molar-refractivity contribution in [2.45, 2.75) is 26.2 Å². The largest absolute Gasteiger partial charge is 0.439 e. The Hall–Kier alpha value is -1.82. The number of anilines is 1. The predicted octanol–water partition coefficient (Wildman–Crippen LogP) is 4.68. The van der Waals surface area contributed by atoms with Gasteiger partial charge in [-0.3, -0.25) is 4.79 Å². The molecule has 0 aliphatic carbocycles. The normalized spacial score (nSPS) is 17.0. The molecule has 0 radical (unpaired) electrons. The molecule has 3 rings (SSSR count). The van der Waals surface area contributed by atoms with E-state index in [0.717, 1.165) is 18.8 Å². The lowest BCUT2D eigenvalue weighted by molar-refractivity contribution is -0.117. The summed E-state index contributed by atoms with van der Waals surface area (Å²) >= 11 is 0. The lowest BCUT2D eigenvalue weighted by atomic mass is 9.85. The van der Waals surface area contributed by atoms with Crippen LogP contribution in [0.15, 0.2) is 48.7 Å². The Balaban J connectivity index is 0.00000182. The number of amides is 1. The van der Waals surface area contributed by atoms with E-state index in [1.165, 1.54) is 12.8 Å². The van der Waals surface area contributed by atoms with Crippen molar-refractivity contribution in [2.24, 2.45) is 11.8 Å². The number of carbonyl (C=O) groups excluding carboxylic acids is 1. The van der Waals surface area contributed by atoms with Crippen LogP contribution in [-0.4, -0.2) is 24.0 Å². The number of hydrogen-bond donors (Lipinski definition) is 2. The number of halogens is 2. The molecule has 1 aromatic carbocycles. The molecule has 1 aliphatic rings. The summed E-state index contributed by atoms with van der Waals surface area (Å²) in [6.45, 7) is 4.27. The highest BCUT2D eigenvalue weighted by Crippen LogP contribution is 2.23. The highest BCUT2D eigenvalue weighted by molar-refractivity contribution is 5.90. The number of piperidine rings is 1. The molecule has 0 bridgehead atoms. The summed E-state index contributed by atoms with van der Waals surface area (Å²) in [4.78, 5) is 16.5. The first kappa shape index (κ1) is 23.2. The smallest absolute Gasteiger partial charge is 0.224 e. The lowest BCUT2D eigenvalue weighted by Crippen LogP contribution is -2.34. The van der Waals surface area contributed by atoms with Crippen LogP contribution in [0, 0.1) is 11.8 Å². The van der Waals surface area contributed by atoms with Gasteiger partial charge in [0.25, 0.3) is 0 Å². The molecule has 1 saturated heterocycles. The van der Waals surface area contributed by atoms with Gasteiger partial charge in [-0.2, -0.15) is 0 Å². The Morgan fingerprint density at radius 3 is 2.67 bits per heavy atom. The van der Waals surface area contributed by atoms with E-state index in [2.05, 4.69) is 22.5 Å². The quantitative estimate of drug-likeness (QED) is 0.723. The minimum Gasteiger partial charge on any atom is -0.439 e. The van der Waals surface area contributed by atoms with Crippen molar-refractivity contribution in [1.82, 2.24) is 10.3 Å². The second-order valence-corrected chi connectivity index (χ2v) is 6.64. The van der Waals surface area contributed by atoms with Gasteiger partial charge < -0.3 is 15.4 Å². The van der Waals surface area contributed by atoms with Gasteiger partial charge in [0.1, 0.15) is 5.75 Å². The number of para-hydroxylation sites is 1. The number of nitrogens with zero attached hydrogens (tertiary/aromatic N) is 1. The Bertz CT molecular complexity index is 677. The van der Waals surface area contributed by atoms with E-state index in [0.29, 0.717) is 29.8 Å². The van der Waals surface area contributed by atoms with Gasteiger partial charge in [0, 0.05) is 12.5 Å². The number of hydrogen-bond acceptors (Lipinski definition) is 4. The van der Waals surface area contributed by atoms with E-state index in [-0.39, 0.29) is 30.7 Å². The number of carbonyl (C=O) groups is 1. The number of rotatable bonds is 6. The molecule has 148 valence electrons. The summed E-state index contributed by atoms with van der Waals surface area (Å²) in [5.41, 5.74) is 0.694. The van der Waals surface area contributed by atoms with Crippen molar-refractivity contribution in [2.75, 3.05) is 18.4 Å². The van der Waals surface area contributed by atoms with E-state index >= 15 is 0 Å². The third kappa shape index (κ3) is 7.37. The Morgan fingerprint density at radius 2 is 2.04 bits per heavy atom. The van der Waals surface area contributed by atoms with Crippen LogP contribution >= 0.6 is 24.8 Å². The molecule has 0 saturated carbocycles. The maximum absolute atomic E-state index is 12.3. The lowest BCUT2D eigenvalue weighted by Gasteiger charge is -2.28. The number of aromatic nitrogens is 1. The zero-order valence-corrected chi connectivity index (χ0v) is 17.0. The van der Waals surface area contributed by atoms with Crippen molar-refractivity contribution in [3.05, 3.63) is 48.7 Å². The van der Waals surface area contributed by atoms with E-state index in [1.54, 1.807) is 12.3 Å². The summed E-state index contributed by atoms with van der Waals surface area (Å²) < 4.78 is 5.65. The second-order valence-electron chi connectivity index (χ2n) is 6.64. The fourth-order valence-corrected chi connectivity index (χ4v) is 3.16. The van der Waals surface area contributed by atoms with Gasteiger partial charge in [-0.1, -0.05) is 25.1 Å². The zero-order valence-electron chi connectivity index (χ0n) is 15.4. The average molecular weight is 412 g/mol. The van der Waals surface area contributed by atoms with E-state index in [4.69, 9.17) is 4.74 Å². The Labute approximate surface area is 173 Å². The van der Waals surface area contributed by atoms with Crippen LogP contribution in [0.3, 0.4) is 0 Å². The van der Waals surface area contributed by atoms with Crippen molar-refractivity contribution < 1.29 is 9.53 Å². The van der Waals surface area contributed by atoms with Crippen LogP contribution in [-0.2, 0) is 4.79 Å². The first-order valence-electron chi connectivity index (χ1n) is 8.90. The van der Waals surface area contributed by atoms with Gasteiger partial charge in [0.2, 0.25) is 11.8 Å². The molecule has 27 heavy (non-hydrogen) atoms. The molecule has 1 aromatic heterocycles. The molecule has 2 aromatic rings. The molecule has 1 amide bonds. The average Bonchev–Trinajstić information content (AvgIpc) is 2.65. The molecular formula is C20H27Cl2N3O2. The Kier molecular flexibility index (Phi) is 10.1. The summed E-state index contributed by atoms with van der Waals surface area (Å²) in [5, 5.41) is 6.33. The number of nitrogens with one attached hydrogen (secondary N) is 2. The minimum atomic E-state index is 0. The third-order valence-electron chi connectivity index (χ3n) is 4.63. The van der Waals surface area contributed by atoms with Gasteiger partial charge in [0.05, 0.1) is 11.9 Å². The van der Waals surface area contributed by atoms with Crippen molar-refractivity contribution in [3.8, 4) is 11.6 Å². The Morgan fingerprint density at radius 1 is 1.26 bits per heavy atom. The third-order valence-corrected chi connectivity index (χ3v) is 4.63. The van der Waals surface area contributed by atoms with Crippen LogP contribution in [0.25, 0.3) is 0 Å². The van der Waals surface area contributed by atoms with Gasteiger partial charge in [-0.15, -0.1) is 24.8 Å². The molecule has 2 N–H and O–H groups in total. The highest BCUT2D eigenvalue weighted by atomic mass is 35.5. The molecule has 2 unspecified atom stereocenters. The van der Waals surface area contributed by atoms with Crippen LogP contribution in [0.2, 0.25) is 0 Å². The molecule has 1 fully saturated rings. The van der Waals surface area contributed by atoms with Crippen LogP contribution in [0.1, 0.15) is 26.2 Å². The van der Waals surface area contributed by atoms with Crippen molar-refractivity contribution >= 4 is 36.4 Å². The number of pyridine rings is 1. The van der Waals surface area contributed by atoms with E-state index in [9.17, 15) is 4.79 Å². The second kappa shape index (κ2) is 11.8. The van der Waals surface area contributed by atoms with Gasteiger partial charge in [0.15, 0.2) is 0 Å². The number of benzene rings is 1. The SMILES string of the molecule is CC(CC(=O)Nc1ccc(Oc2ccccc2)nc1)C1CCCNC1.Cl.Cl. The summed E-state index contributed by atoms with van der Waals surface area (Å²) in [7, 11) is 0. The van der Waals surface area contributed by atoms with Crippen LogP contribution in [0.4, 0.5) is 5.69 Å². The molecule has 0 spiro atoms. The molecule has 5 nitrogen and oxygen atoms in total. The maximum Gasteiger partial charge on any atom is 0.224 e. The first-order valence-corrected chi connectivity index (χ1v) is 8.90. The first-order chi connectivity index (χ1) is 12.2. The highest BCUT2D eigenvalue weighted by Gasteiger charge is 2.22. The van der Waals surface area contributed by atoms with E-state index in [1.807, 2.05) is 36.4 Å². The molecular weight excluding hydrogens is 385 g/mol. The zero-order chi connectivity index (χ0) is 17.5. The molecule has 7 heteroatoms. The molecule has 2 heterocycles. The van der Waals surface area contributed by atoms with E-state index < -0.39 is 0 Å². The standard InChI is InChI=1S/C20H25N3O2.2ClH/c1-15(16-6-5-11-21-13-16)12-19(24)23-17-9-10-20(22-14-17)25-18-7-3-2-4-8-18;;/h2-4,7-10,14-16,21H,5-6,11-13H2,1H3,(H,23,24);2*1H. The fraction of sp³-hybridized carbons (Fsp3) is 0.400. The molecule has 1 aliphatic heterocycles. The monoisotopic (exact) mass is 411 g/mol. The summed E-state index contributed by atoms with van der Waals surface area (Å²) in [6.07, 6.45) is 4.57. The molecule has 2 atom stereocenters. The van der Waals surface area contributed by atoms with Crippen molar-refractivity contribution in [3.63, 3.8) is 0 Å². The predicted molar refractivity (Wildman–Crippen MR) is 113 cm³/mol. The fourth-order valence-electron chi connectivity index (χ4n) is 3.16. The van der Waals surface area contributed by atoms with Crippen molar-refractivity contribution in [1.29, 1.82) is 0 Å². The van der Waals surface area contributed by atoms with Crippen LogP contribution in [0.5, 0.6) is 11.6 Å². The topological polar surface area (TPSA) is 63.2 Å². The summed E-state index contributed by atoms with van der Waals surface area (Å²) in [5.74, 6) is 2.24. The van der Waals surface area contributed by atoms with Gasteiger partial charge in [-0.05, 0) is 56.0 Å². The summed E-state index contributed by atoms with van der Waals surface area (Å²) in [6, 6.07) is 13.1. The minimum absolute atomic E-state index is 0. The van der Waals surface area contributed by atoms with Gasteiger partial charge in [-0.25, -0.2) is 4.98 Å².